The molecule has 5 amide bonds. The van der Waals surface area contributed by atoms with Crippen molar-refractivity contribution < 1.29 is 39.0 Å². The zero-order chi connectivity index (χ0) is 25.6. The highest BCUT2D eigenvalue weighted by molar-refractivity contribution is 5.96. The average Bonchev–Trinajstić information content (AvgIpc) is 2.73. The highest BCUT2D eigenvalue weighted by Crippen LogP contribution is 2.03. The van der Waals surface area contributed by atoms with Crippen LogP contribution in [0, 0.1) is 0 Å². The van der Waals surface area contributed by atoms with Gasteiger partial charge in [-0.2, -0.15) is 0 Å². The Morgan fingerprint density at radius 3 is 1.79 bits per heavy atom. The van der Waals surface area contributed by atoms with Crippen molar-refractivity contribution in [2.45, 2.75) is 62.7 Å². The van der Waals surface area contributed by atoms with Gasteiger partial charge in [0.15, 0.2) is 0 Å². The van der Waals surface area contributed by atoms with E-state index in [4.69, 9.17) is 33.1 Å². The van der Waals surface area contributed by atoms with Gasteiger partial charge in [-0.25, -0.2) is 4.79 Å². The van der Waals surface area contributed by atoms with E-state index in [2.05, 4.69) is 10.6 Å². The first kappa shape index (κ1) is 29.7. The molecule has 0 saturated carbocycles. The number of unbranched alkanes of at least 4 members (excludes halogenated alkanes) is 1. The van der Waals surface area contributed by atoms with Gasteiger partial charge in [-0.15, -0.1) is 0 Å². The second-order valence-corrected chi connectivity index (χ2v) is 7.27. The fourth-order valence-electron chi connectivity index (χ4n) is 2.61. The van der Waals surface area contributed by atoms with Crippen LogP contribution in [0.3, 0.4) is 0 Å². The van der Waals surface area contributed by atoms with Gasteiger partial charge in [0, 0.05) is 6.42 Å². The van der Waals surface area contributed by atoms with Crippen molar-refractivity contribution in [3.05, 3.63) is 0 Å². The lowest BCUT2D eigenvalue weighted by Gasteiger charge is -2.24. The Bertz CT molecular complexity index is 718. The molecule has 0 rings (SSSR count). The SMILES string of the molecule is NCCCCC(N)C(=O)NC(CC(N)=O)C(=O)NC(CCC(N)=O)C(=O)NC(CO)C(=O)O. The van der Waals surface area contributed by atoms with Crippen molar-refractivity contribution in [2.75, 3.05) is 13.2 Å². The van der Waals surface area contributed by atoms with Gasteiger partial charge in [-0.05, 0) is 25.8 Å². The molecule has 15 nitrogen and oxygen atoms in total. The molecule has 0 radical (unpaired) electrons. The number of nitrogens with one attached hydrogen (secondary N) is 3. The molecule has 0 aromatic carbocycles. The van der Waals surface area contributed by atoms with E-state index in [-0.39, 0.29) is 19.3 Å². The normalized spacial score (nSPS) is 14.3. The minimum Gasteiger partial charge on any atom is -0.480 e. The Balaban J connectivity index is 5.41. The Morgan fingerprint density at radius 1 is 0.758 bits per heavy atom. The summed E-state index contributed by atoms with van der Waals surface area (Å²) in [6.07, 6.45) is 0.173. The molecule has 0 aliphatic rings. The predicted octanol–water partition coefficient (Wildman–Crippen LogP) is -4.89. The summed E-state index contributed by atoms with van der Waals surface area (Å²) in [5, 5.41) is 24.6. The number of hydrogen-bond acceptors (Lipinski definition) is 9. The van der Waals surface area contributed by atoms with Gasteiger partial charge in [0.2, 0.25) is 29.5 Å². The largest absolute Gasteiger partial charge is 0.480 e. The molecule has 0 aliphatic heterocycles. The first-order valence-electron chi connectivity index (χ1n) is 10.2. The van der Waals surface area contributed by atoms with Crippen molar-refractivity contribution >= 4 is 35.5 Å². The molecule has 13 N–H and O–H groups in total. The van der Waals surface area contributed by atoms with Crippen LogP contribution in [0.4, 0.5) is 0 Å². The molecular weight excluding hydrogens is 442 g/mol. The maximum Gasteiger partial charge on any atom is 0.328 e. The topological polar surface area (TPSA) is 283 Å². The summed E-state index contributed by atoms with van der Waals surface area (Å²) >= 11 is 0. The molecule has 15 heteroatoms. The minimum atomic E-state index is -1.67. The van der Waals surface area contributed by atoms with Gasteiger partial charge in [0.05, 0.1) is 19.1 Å². The van der Waals surface area contributed by atoms with Crippen molar-refractivity contribution in [3.63, 3.8) is 0 Å². The monoisotopic (exact) mass is 475 g/mol. The Morgan fingerprint density at radius 2 is 1.30 bits per heavy atom. The van der Waals surface area contributed by atoms with Crippen molar-refractivity contribution in [3.8, 4) is 0 Å². The van der Waals surface area contributed by atoms with Crippen LogP contribution >= 0.6 is 0 Å². The number of nitrogens with two attached hydrogens (primary N) is 4. The third-order valence-electron chi connectivity index (χ3n) is 4.45. The number of carboxylic acids is 1. The smallest absolute Gasteiger partial charge is 0.328 e. The summed E-state index contributed by atoms with van der Waals surface area (Å²) in [7, 11) is 0. The Labute approximate surface area is 190 Å². The third-order valence-corrected chi connectivity index (χ3v) is 4.45. The predicted molar refractivity (Wildman–Crippen MR) is 114 cm³/mol. The van der Waals surface area contributed by atoms with Crippen LogP contribution in [0.2, 0.25) is 0 Å². The van der Waals surface area contributed by atoms with E-state index in [9.17, 15) is 28.8 Å². The summed E-state index contributed by atoms with van der Waals surface area (Å²) in [4.78, 5) is 70.9. The van der Waals surface area contributed by atoms with E-state index in [1.807, 2.05) is 5.32 Å². The van der Waals surface area contributed by atoms with Gasteiger partial charge in [-0.1, -0.05) is 6.42 Å². The second-order valence-electron chi connectivity index (χ2n) is 7.27. The van der Waals surface area contributed by atoms with Gasteiger partial charge in [0.25, 0.3) is 0 Å². The molecular formula is C18H33N7O8. The molecule has 0 saturated heterocycles. The number of primary amides is 2. The van der Waals surface area contributed by atoms with Crippen LogP contribution in [0.5, 0.6) is 0 Å². The number of carbonyl (C=O) groups excluding carboxylic acids is 5. The van der Waals surface area contributed by atoms with Gasteiger partial charge in [-0.3, -0.25) is 24.0 Å². The van der Waals surface area contributed by atoms with Crippen molar-refractivity contribution in [2.24, 2.45) is 22.9 Å². The number of aliphatic hydroxyl groups excluding tert-OH is 1. The standard InChI is InChI=1S/C18H33N7O8/c19-6-2-1-3-9(20)15(29)24-11(7-14(22)28)17(31)23-10(4-5-13(21)27)16(30)25-12(8-26)18(32)33/h9-12,26H,1-8,19-20H2,(H2,21,27)(H2,22,28)(H,23,31)(H,24,29)(H,25,30)(H,32,33). The van der Waals surface area contributed by atoms with Crippen LogP contribution in [0.25, 0.3) is 0 Å². The van der Waals surface area contributed by atoms with Crippen LogP contribution in [0.15, 0.2) is 0 Å². The Hall–Kier alpha value is -3.30. The molecule has 0 bridgehead atoms. The number of rotatable bonds is 17. The maximum atomic E-state index is 12.7. The van der Waals surface area contributed by atoms with Gasteiger partial charge in [0.1, 0.15) is 18.1 Å². The summed E-state index contributed by atoms with van der Waals surface area (Å²) in [5.74, 6) is -6.04. The van der Waals surface area contributed by atoms with Gasteiger partial charge < -0.3 is 49.1 Å². The van der Waals surface area contributed by atoms with Crippen LogP contribution in [-0.4, -0.2) is 83.0 Å². The first-order chi connectivity index (χ1) is 15.4. The molecule has 188 valence electrons. The number of aliphatic carboxylic acids is 1. The van der Waals surface area contributed by atoms with E-state index in [0.29, 0.717) is 19.4 Å². The number of aliphatic hydroxyl groups is 1. The van der Waals surface area contributed by atoms with E-state index < -0.39 is 72.7 Å². The average molecular weight is 476 g/mol. The minimum absolute atomic E-state index is 0.273. The van der Waals surface area contributed by atoms with E-state index in [1.165, 1.54) is 0 Å². The number of carboxylic acid groups (broad SMARTS) is 1. The lowest BCUT2D eigenvalue weighted by molar-refractivity contribution is -0.143. The zero-order valence-electron chi connectivity index (χ0n) is 18.1. The zero-order valence-corrected chi connectivity index (χ0v) is 18.1. The first-order valence-corrected chi connectivity index (χ1v) is 10.2. The van der Waals surface area contributed by atoms with Crippen LogP contribution in [0.1, 0.15) is 38.5 Å². The van der Waals surface area contributed by atoms with E-state index >= 15 is 0 Å². The Kier molecular flexibility index (Phi) is 13.9. The molecule has 0 fully saturated rings. The van der Waals surface area contributed by atoms with Crippen molar-refractivity contribution in [1.29, 1.82) is 0 Å². The second kappa shape index (κ2) is 15.5. The molecule has 0 heterocycles. The summed E-state index contributed by atoms with van der Waals surface area (Å²) in [6, 6.07) is -5.62. The van der Waals surface area contributed by atoms with Crippen molar-refractivity contribution in [1.82, 2.24) is 16.0 Å². The number of carbonyl (C=O) groups is 6. The molecule has 0 spiro atoms. The molecule has 4 atom stereocenters. The fourth-order valence-corrected chi connectivity index (χ4v) is 2.61. The quantitative estimate of drug-likeness (QED) is 0.0903. The lowest BCUT2D eigenvalue weighted by Crippen LogP contribution is -2.58. The summed E-state index contributed by atoms with van der Waals surface area (Å²) in [6.45, 7) is -0.519. The highest BCUT2D eigenvalue weighted by atomic mass is 16.4. The number of hydrogen-bond donors (Lipinski definition) is 9. The lowest BCUT2D eigenvalue weighted by atomic mass is 10.1. The molecule has 4 unspecified atom stereocenters. The number of amides is 5. The third kappa shape index (κ3) is 12.4. The maximum absolute atomic E-state index is 12.7. The fraction of sp³-hybridized carbons (Fsp3) is 0.667. The van der Waals surface area contributed by atoms with E-state index in [0.717, 1.165) is 0 Å². The van der Waals surface area contributed by atoms with Crippen LogP contribution in [-0.2, 0) is 28.8 Å². The molecule has 0 aromatic heterocycles. The summed E-state index contributed by atoms with van der Waals surface area (Å²) in [5.41, 5.74) is 21.4. The molecule has 0 aromatic rings. The van der Waals surface area contributed by atoms with Crippen LogP contribution < -0.4 is 38.9 Å². The van der Waals surface area contributed by atoms with E-state index in [1.54, 1.807) is 0 Å². The summed E-state index contributed by atoms with van der Waals surface area (Å²) < 4.78 is 0. The highest BCUT2D eigenvalue weighted by Gasteiger charge is 2.31. The molecule has 33 heavy (non-hydrogen) atoms. The molecule has 0 aliphatic carbocycles. The van der Waals surface area contributed by atoms with Gasteiger partial charge >= 0.3 is 5.97 Å².